The van der Waals surface area contributed by atoms with Crippen LogP contribution in [-0.4, -0.2) is 12.2 Å². The molecular formula is C13H10O3. The number of furan rings is 1. The van der Waals surface area contributed by atoms with Crippen molar-refractivity contribution in [2.75, 3.05) is 7.11 Å². The van der Waals surface area contributed by atoms with E-state index in [0.717, 1.165) is 22.1 Å². The van der Waals surface area contributed by atoms with E-state index in [4.69, 9.17) is 9.15 Å². The minimum atomic E-state index is 0.207. The summed E-state index contributed by atoms with van der Waals surface area (Å²) in [6, 6.07) is 10.8. The minimum Gasteiger partial charge on any atom is -0.508 e. The standard InChI is InChI=1S/C13H10O3/c1-15-9-3-5-12-11(7-9)10-4-2-8(14)6-13(10)16-12/h2-7,14H,1H3. The number of ether oxygens (including phenoxy) is 1. The minimum absolute atomic E-state index is 0.207. The molecule has 2 aromatic carbocycles. The summed E-state index contributed by atoms with van der Waals surface area (Å²) in [6.07, 6.45) is 0. The Balaban J connectivity index is 2.42. The van der Waals surface area contributed by atoms with Gasteiger partial charge in [0.2, 0.25) is 0 Å². The summed E-state index contributed by atoms with van der Waals surface area (Å²) in [5.74, 6) is 1.00. The van der Waals surface area contributed by atoms with Gasteiger partial charge >= 0.3 is 0 Å². The van der Waals surface area contributed by atoms with Gasteiger partial charge in [0.15, 0.2) is 0 Å². The van der Waals surface area contributed by atoms with Crippen LogP contribution in [0, 0.1) is 0 Å². The Bertz CT molecular complexity index is 667. The zero-order valence-electron chi connectivity index (χ0n) is 8.73. The average molecular weight is 214 g/mol. The van der Waals surface area contributed by atoms with Crippen LogP contribution in [0.4, 0.5) is 0 Å². The lowest BCUT2D eigenvalue weighted by Crippen LogP contribution is -1.80. The molecule has 0 radical (unpaired) electrons. The summed E-state index contributed by atoms with van der Waals surface area (Å²) >= 11 is 0. The van der Waals surface area contributed by atoms with Gasteiger partial charge in [-0.15, -0.1) is 0 Å². The van der Waals surface area contributed by atoms with Crippen LogP contribution in [0.1, 0.15) is 0 Å². The Morgan fingerprint density at radius 2 is 1.88 bits per heavy atom. The molecule has 80 valence electrons. The molecule has 0 bridgehead atoms. The molecule has 1 N–H and O–H groups in total. The summed E-state index contributed by atoms with van der Waals surface area (Å²) in [5.41, 5.74) is 1.48. The maximum absolute atomic E-state index is 9.37. The molecular weight excluding hydrogens is 204 g/mol. The number of fused-ring (bicyclic) bond motifs is 3. The van der Waals surface area contributed by atoms with Gasteiger partial charge in [0.05, 0.1) is 7.11 Å². The highest BCUT2D eigenvalue weighted by atomic mass is 16.5. The van der Waals surface area contributed by atoms with Crippen molar-refractivity contribution in [3.05, 3.63) is 36.4 Å². The highest BCUT2D eigenvalue weighted by Gasteiger charge is 2.08. The average Bonchev–Trinajstić information content (AvgIpc) is 2.65. The molecule has 0 amide bonds. The number of methoxy groups -OCH3 is 1. The summed E-state index contributed by atoms with van der Waals surface area (Å²) in [6.45, 7) is 0. The lowest BCUT2D eigenvalue weighted by molar-refractivity contribution is 0.415. The van der Waals surface area contributed by atoms with Crippen LogP contribution in [0.5, 0.6) is 11.5 Å². The quantitative estimate of drug-likeness (QED) is 0.675. The first-order valence-electron chi connectivity index (χ1n) is 4.97. The van der Waals surface area contributed by atoms with E-state index in [0.29, 0.717) is 5.58 Å². The van der Waals surface area contributed by atoms with E-state index in [1.54, 1.807) is 19.2 Å². The first-order valence-corrected chi connectivity index (χ1v) is 4.97. The van der Waals surface area contributed by atoms with Gasteiger partial charge in [-0.25, -0.2) is 0 Å². The first kappa shape index (κ1) is 9.09. The van der Waals surface area contributed by atoms with E-state index in [9.17, 15) is 5.11 Å². The van der Waals surface area contributed by atoms with Gasteiger partial charge in [0.1, 0.15) is 22.7 Å². The fourth-order valence-corrected chi connectivity index (χ4v) is 1.87. The number of rotatable bonds is 1. The van der Waals surface area contributed by atoms with E-state index in [1.807, 2.05) is 24.3 Å². The molecule has 1 aromatic heterocycles. The molecule has 3 rings (SSSR count). The molecule has 0 atom stereocenters. The van der Waals surface area contributed by atoms with Gasteiger partial charge in [0, 0.05) is 16.8 Å². The Morgan fingerprint density at radius 1 is 1.00 bits per heavy atom. The maximum atomic E-state index is 9.37. The number of hydrogen-bond acceptors (Lipinski definition) is 3. The first-order chi connectivity index (χ1) is 7.78. The third kappa shape index (κ3) is 1.21. The fraction of sp³-hybridized carbons (Fsp3) is 0.0769. The van der Waals surface area contributed by atoms with Crippen LogP contribution in [-0.2, 0) is 0 Å². The highest BCUT2D eigenvalue weighted by Crippen LogP contribution is 2.32. The van der Waals surface area contributed by atoms with E-state index in [-0.39, 0.29) is 5.75 Å². The van der Waals surface area contributed by atoms with Gasteiger partial charge < -0.3 is 14.3 Å². The molecule has 0 saturated heterocycles. The fourth-order valence-electron chi connectivity index (χ4n) is 1.87. The molecule has 0 aliphatic heterocycles. The number of phenolic OH excluding ortho intramolecular Hbond substituents is 1. The lowest BCUT2D eigenvalue weighted by Gasteiger charge is -1.97. The van der Waals surface area contributed by atoms with E-state index in [2.05, 4.69) is 0 Å². The Morgan fingerprint density at radius 3 is 2.69 bits per heavy atom. The van der Waals surface area contributed by atoms with Crippen molar-refractivity contribution in [1.29, 1.82) is 0 Å². The van der Waals surface area contributed by atoms with Gasteiger partial charge in [-0.1, -0.05) is 0 Å². The van der Waals surface area contributed by atoms with Gasteiger partial charge in [-0.05, 0) is 30.3 Å². The topological polar surface area (TPSA) is 42.6 Å². The van der Waals surface area contributed by atoms with Crippen LogP contribution in [0.2, 0.25) is 0 Å². The van der Waals surface area contributed by atoms with Crippen molar-refractivity contribution < 1.29 is 14.3 Å². The zero-order valence-corrected chi connectivity index (χ0v) is 8.73. The van der Waals surface area contributed by atoms with Crippen molar-refractivity contribution in [3.63, 3.8) is 0 Å². The van der Waals surface area contributed by atoms with Crippen molar-refractivity contribution in [2.45, 2.75) is 0 Å². The predicted octanol–water partition coefficient (Wildman–Crippen LogP) is 3.30. The molecule has 0 spiro atoms. The third-order valence-electron chi connectivity index (χ3n) is 2.66. The van der Waals surface area contributed by atoms with Crippen LogP contribution in [0.25, 0.3) is 21.9 Å². The summed E-state index contributed by atoms with van der Waals surface area (Å²) < 4.78 is 10.8. The normalized spacial score (nSPS) is 11.1. The SMILES string of the molecule is COc1ccc2oc3cc(O)ccc3c2c1. The second-order valence-electron chi connectivity index (χ2n) is 3.64. The second-order valence-corrected chi connectivity index (χ2v) is 3.64. The molecule has 16 heavy (non-hydrogen) atoms. The van der Waals surface area contributed by atoms with Crippen molar-refractivity contribution in [3.8, 4) is 11.5 Å². The lowest BCUT2D eigenvalue weighted by atomic mass is 10.1. The Hall–Kier alpha value is -2.16. The summed E-state index contributed by atoms with van der Waals surface area (Å²) in [7, 11) is 1.63. The Labute approximate surface area is 91.9 Å². The molecule has 0 fully saturated rings. The zero-order chi connectivity index (χ0) is 11.1. The molecule has 0 aliphatic rings. The number of phenols is 1. The van der Waals surface area contributed by atoms with E-state index < -0.39 is 0 Å². The van der Waals surface area contributed by atoms with Crippen molar-refractivity contribution in [1.82, 2.24) is 0 Å². The smallest absolute Gasteiger partial charge is 0.139 e. The molecule has 0 aliphatic carbocycles. The monoisotopic (exact) mass is 214 g/mol. The number of benzene rings is 2. The Kier molecular flexibility index (Phi) is 1.80. The molecule has 3 heteroatoms. The van der Waals surface area contributed by atoms with Crippen molar-refractivity contribution >= 4 is 21.9 Å². The van der Waals surface area contributed by atoms with E-state index >= 15 is 0 Å². The van der Waals surface area contributed by atoms with Gasteiger partial charge in [0.25, 0.3) is 0 Å². The van der Waals surface area contributed by atoms with Crippen LogP contribution < -0.4 is 4.74 Å². The predicted molar refractivity (Wildman–Crippen MR) is 61.9 cm³/mol. The molecule has 3 nitrogen and oxygen atoms in total. The van der Waals surface area contributed by atoms with Gasteiger partial charge in [-0.3, -0.25) is 0 Å². The molecule has 1 heterocycles. The van der Waals surface area contributed by atoms with Crippen LogP contribution in [0.15, 0.2) is 40.8 Å². The van der Waals surface area contributed by atoms with E-state index in [1.165, 1.54) is 0 Å². The highest BCUT2D eigenvalue weighted by molar-refractivity contribution is 6.05. The summed E-state index contributed by atoms with van der Waals surface area (Å²) in [5, 5.41) is 11.3. The maximum Gasteiger partial charge on any atom is 0.139 e. The number of aromatic hydroxyl groups is 1. The van der Waals surface area contributed by atoms with Crippen LogP contribution >= 0.6 is 0 Å². The van der Waals surface area contributed by atoms with Crippen molar-refractivity contribution in [2.24, 2.45) is 0 Å². The second kappa shape index (κ2) is 3.17. The molecule has 3 aromatic rings. The number of hydrogen-bond donors (Lipinski definition) is 1. The molecule has 0 unspecified atom stereocenters. The van der Waals surface area contributed by atoms with Gasteiger partial charge in [-0.2, -0.15) is 0 Å². The molecule has 0 saturated carbocycles. The third-order valence-corrected chi connectivity index (χ3v) is 2.66. The van der Waals surface area contributed by atoms with Crippen LogP contribution in [0.3, 0.4) is 0 Å². The largest absolute Gasteiger partial charge is 0.508 e. The summed E-state index contributed by atoms with van der Waals surface area (Å²) in [4.78, 5) is 0.